The minimum atomic E-state index is 0.885. The van der Waals surface area contributed by atoms with Gasteiger partial charge in [0.2, 0.25) is 0 Å². The van der Waals surface area contributed by atoms with Crippen molar-refractivity contribution in [2.24, 2.45) is 0 Å². The van der Waals surface area contributed by atoms with Gasteiger partial charge in [-0.15, -0.1) is 0 Å². The molecule has 0 amide bonds. The van der Waals surface area contributed by atoms with Crippen LogP contribution in [-0.2, 0) is 0 Å². The quantitative estimate of drug-likeness (QED) is 0.483. The zero-order chi connectivity index (χ0) is 5.98. The van der Waals surface area contributed by atoms with Gasteiger partial charge in [0.25, 0.3) is 0 Å². The van der Waals surface area contributed by atoms with Crippen molar-refractivity contribution in [3.05, 3.63) is 0 Å². The Morgan fingerprint density at radius 3 is 2.75 bits per heavy atom. The van der Waals surface area contributed by atoms with Crippen molar-refractivity contribution in [2.45, 2.75) is 18.9 Å². The molecule has 0 aromatic carbocycles. The SMILES string of the molecule is CN1CCC[C@@H]1CI. The molecular weight excluding hydrogens is 213 g/mol. The number of alkyl halides is 1. The smallest absolute Gasteiger partial charge is 0.0182 e. The van der Waals surface area contributed by atoms with Crippen LogP contribution in [-0.4, -0.2) is 29.0 Å². The van der Waals surface area contributed by atoms with E-state index in [2.05, 4.69) is 34.5 Å². The summed E-state index contributed by atoms with van der Waals surface area (Å²) in [6, 6.07) is 0.885. The molecule has 1 aliphatic heterocycles. The molecule has 0 bridgehead atoms. The van der Waals surface area contributed by atoms with Gasteiger partial charge in [-0.25, -0.2) is 0 Å². The van der Waals surface area contributed by atoms with Crippen molar-refractivity contribution >= 4 is 22.6 Å². The predicted octanol–water partition coefficient (Wildman–Crippen LogP) is 1.52. The van der Waals surface area contributed by atoms with Crippen molar-refractivity contribution < 1.29 is 0 Å². The molecule has 1 saturated heterocycles. The Morgan fingerprint density at radius 2 is 2.50 bits per heavy atom. The van der Waals surface area contributed by atoms with Crippen LogP contribution in [0.5, 0.6) is 0 Å². The Labute approximate surface area is 64.6 Å². The molecule has 1 nitrogen and oxygen atoms in total. The molecule has 0 aliphatic carbocycles. The van der Waals surface area contributed by atoms with Gasteiger partial charge in [-0.05, 0) is 26.4 Å². The van der Waals surface area contributed by atoms with Crippen molar-refractivity contribution in [2.75, 3.05) is 18.0 Å². The maximum atomic E-state index is 2.46. The standard InChI is InChI=1S/C6H12IN/c1-8-4-2-3-6(8)5-7/h6H,2-5H2,1H3/t6-/m1/s1. The average molecular weight is 225 g/mol. The Kier molecular flexibility index (Phi) is 2.56. The number of nitrogens with zero attached hydrogens (tertiary/aromatic N) is 1. The summed E-state index contributed by atoms with van der Waals surface area (Å²) in [5, 5.41) is 0. The Morgan fingerprint density at radius 1 is 1.75 bits per heavy atom. The molecule has 0 aromatic heterocycles. The van der Waals surface area contributed by atoms with E-state index < -0.39 is 0 Å². The Hall–Kier alpha value is 0.690. The fourth-order valence-electron chi connectivity index (χ4n) is 1.17. The summed E-state index contributed by atoms with van der Waals surface area (Å²) in [5.41, 5.74) is 0. The second kappa shape index (κ2) is 3.01. The zero-order valence-corrected chi connectivity index (χ0v) is 7.39. The summed E-state index contributed by atoms with van der Waals surface area (Å²) in [6.07, 6.45) is 2.82. The third-order valence-electron chi connectivity index (χ3n) is 1.85. The maximum Gasteiger partial charge on any atom is 0.0182 e. The fraction of sp³-hybridized carbons (Fsp3) is 1.00. The molecule has 0 spiro atoms. The van der Waals surface area contributed by atoms with E-state index in [1.54, 1.807) is 0 Å². The van der Waals surface area contributed by atoms with E-state index in [0.717, 1.165) is 6.04 Å². The number of hydrogen-bond acceptors (Lipinski definition) is 1. The van der Waals surface area contributed by atoms with Gasteiger partial charge in [0.05, 0.1) is 0 Å². The number of likely N-dealkylation sites (tertiary alicyclic amines) is 1. The monoisotopic (exact) mass is 225 g/mol. The lowest BCUT2D eigenvalue weighted by Crippen LogP contribution is -2.25. The first-order valence-corrected chi connectivity index (χ1v) is 4.63. The number of hydrogen-bond donors (Lipinski definition) is 0. The summed E-state index contributed by atoms with van der Waals surface area (Å²) >= 11 is 2.46. The molecule has 1 aliphatic rings. The highest BCUT2D eigenvalue weighted by Gasteiger charge is 2.18. The lowest BCUT2D eigenvalue weighted by atomic mass is 10.2. The van der Waals surface area contributed by atoms with Gasteiger partial charge in [0.1, 0.15) is 0 Å². The first-order valence-electron chi connectivity index (χ1n) is 3.11. The minimum Gasteiger partial charge on any atom is -0.303 e. The Bertz CT molecular complexity index is 74.9. The summed E-state index contributed by atoms with van der Waals surface area (Å²) in [7, 11) is 2.22. The number of rotatable bonds is 1. The van der Waals surface area contributed by atoms with Gasteiger partial charge < -0.3 is 4.90 Å². The van der Waals surface area contributed by atoms with Gasteiger partial charge in [0, 0.05) is 10.5 Å². The van der Waals surface area contributed by atoms with Crippen molar-refractivity contribution in [3.8, 4) is 0 Å². The van der Waals surface area contributed by atoms with Gasteiger partial charge in [-0.1, -0.05) is 22.6 Å². The Balaban J connectivity index is 2.30. The van der Waals surface area contributed by atoms with Crippen LogP contribution in [0.4, 0.5) is 0 Å². The van der Waals surface area contributed by atoms with Gasteiger partial charge >= 0.3 is 0 Å². The van der Waals surface area contributed by atoms with Crippen molar-refractivity contribution in [3.63, 3.8) is 0 Å². The van der Waals surface area contributed by atoms with Crippen molar-refractivity contribution in [1.82, 2.24) is 4.90 Å². The van der Waals surface area contributed by atoms with Gasteiger partial charge in [0.15, 0.2) is 0 Å². The predicted molar refractivity (Wildman–Crippen MR) is 44.5 cm³/mol. The van der Waals surface area contributed by atoms with Gasteiger partial charge in [-0.3, -0.25) is 0 Å². The third-order valence-corrected chi connectivity index (χ3v) is 2.87. The van der Waals surface area contributed by atoms with Crippen molar-refractivity contribution in [1.29, 1.82) is 0 Å². The largest absolute Gasteiger partial charge is 0.303 e. The summed E-state index contributed by atoms with van der Waals surface area (Å²) < 4.78 is 1.30. The van der Waals surface area contributed by atoms with Crippen LogP contribution in [0.25, 0.3) is 0 Å². The topological polar surface area (TPSA) is 3.24 Å². The number of halogens is 1. The second-order valence-corrected chi connectivity index (χ2v) is 3.31. The maximum absolute atomic E-state index is 2.46. The first kappa shape index (κ1) is 6.81. The highest BCUT2D eigenvalue weighted by Crippen LogP contribution is 2.15. The van der Waals surface area contributed by atoms with E-state index >= 15 is 0 Å². The van der Waals surface area contributed by atoms with E-state index in [1.807, 2.05) is 0 Å². The molecule has 1 rings (SSSR count). The minimum absolute atomic E-state index is 0.885. The van der Waals surface area contributed by atoms with Gasteiger partial charge in [-0.2, -0.15) is 0 Å². The average Bonchev–Trinajstić information content (AvgIpc) is 2.14. The highest BCUT2D eigenvalue weighted by atomic mass is 127. The van der Waals surface area contributed by atoms with Crippen LogP contribution in [0, 0.1) is 0 Å². The fourth-order valence-corrected chi connectivity index (χ4v) is 2.29. The molecule has 8 heavy (non-hydrogen) atoms. The van der Waals surface area contributed by atoms with Crippen LogP contribution in [0.1, 0.15) is 12.8 Å². The lowest BCUT2D eigenvalue weighted by molar-refractivity contribution is 0.338. The first-order chi connectivity index (χ1) is 3.84. The van der Waals surface area contributed by atoms with E-state index in [0.29, 0.717) is 0 Å². The highest BCUT2D eigenvalue weighted by molar-refractivity contribution is 14.1. The molecule has 48 valence electrons. The van der Waals surface area contributed by atoms with Crippen LogP contribution in [0.3, 0.4) is 0 Å². The summed E-state index contributed by atoms with van der Waals surface area (Å²) in [5.74, 6) is 0. The molecular formula is C6H12IN. The molecule has 0 radical (unpaired) electrons. The molecule has 1 atom stereocenters. The van der Waals surface area contributed by atoms with Crippen LogP contribution in [0.2, 0.25) is 0 Å². The van der Waals surface area contributed by atoms with E-state index in [9.17, 15) is 0 Å². The molecule has 2 heteroatoms. The normalized spacial score (nSPS) is 31.5. The zero-order valence-electron chi connectivity index (χ0n) is 5.23. The molecule has 0 aromatic rings. The molecule has 0 saturated carbocycles. The second-order valence-electron chi connectivity index (χ2n) is 2.43. The van der Waals surface area contributed by atoms with Crippen LogP contribution >= 0.6 is 22.6 Å². The van der Waals surface area contributed by atoms with Crippen LogP contribution in [0.15, 0.2) is 0 Å². The summed E-state index contributed by atoms with van der Waals surface area (Å²) in [6.45, 7) is 1.31. The molecule has 1 heterocycles. The van der Waals surface area contributed by atoms with E-state index in [4.69, 9.17) is 0 Å². The molecule has 0 N–H and O–H groups in total. The molecule has 1 fully saturated rings. The molecule has 0 unspecified atom stereocenters. The van der Waals surface area contributed by atoms with E-state index in [-0.39, 0.29) is 0 Å². The third kappa shape index (κ3) is 1.35. The lowest BCUT2D eigenvalue weighted by Gasteiger charge is -2.15. The van der Waals surface area contributed by atoms with E-state index in [1.165, 1.54) is 23.8 Å². The van der Waals surface area contributed by atoms with Crippen LogP contribution < -0.4 is 0 Å². The summed E-state index contributed by atoms with van der Waals surface area (Å²) in [4.78, 5) is 2.45.